The van der Waals surface area contributed by atoms with Crippen molar-refractivity contribution in [1.82, 2.24) is 0 Å². The summed E-state index contributed by atoms with van der Waals surface area (Å²) in [4.78, 5) is 0. The molecule has 0 aliphatic carbocycles. The van der Waals surface area contributed by atoms with E-state index in [0.29, 0.717) is 10.8 Å². The molecule has 0 fully saturated rings. The average Bonchev–Trinajstić information content (AvgIpc) is 2.13. The molecule has 1 N–H and O–H groups in total. The molecular formula is C17H36O. The van der Waals surface area contributed by atoms with E-state index in [0.717, 1.165) is 19.3 Å². The van der Waals surface area contributed by atoms with Crippen molar-refractivity contribution >= 4 is 0 Å². The molecule has 18 heavy (non-hydrogen) atoms. The van der Waals surface area contributed by atoms with Crippen molar-refractivity contribution in [1.29, 1.82) is 0 Å². The summed E-state index contributed by atoms with van der Waals surface area (Å²) >= 11 is 0. The van der Waals surface area contributed by atoms with Gasteiger partial charge in [-0.1, -0.05) is 67.2 Å². The Morgan fingerprint density at radius 2 is 1.11 bits per heavy atom. The summed E-state index contributed by atoms with van der Waals surface area (Å²) in [5, 5.41) is 9.91. The van der Waals surface area contributed by atoms with Crippen molar-refractivity contribution in [2.45, 2.75) is 99.0 Å². The minimum absolute atomic E-state index is 0.0676. The lowest BCUT2D eigenvalue weighted by molar-refractivity contribution is 0.142. The summed E-state index contributed by atoms with van der Waals surface area (Å²) in [7, 11) is 0. The number of unbranched alkanes of at least 4 members (excludes halogenated alkanes) is 2. The van der Waals surface area contributed by atoms with Gasteiger partial charge >= 0.3 is 0 Å². The summed E-state index contributed by atoms with van der Waals surface area (Å²) in [5.41, 5.74) is 0.873. The van der Waals surface area contributed by atoms with Gasteiger partial charge in [0.25, 0.3) is 0 Å². The van der Waals surface area contributed by atoms with Gasteiger partial charge in [0.1, 0.15) is 0 Å². The molecule has 1 atom stereocenters. The average molecular weight is 256 g/mol. The van der Waals surface area contributed by atoms with Crippen LogP contribution in [0.3, 0.4) is 0 Å². The molecular weight excluding hydrogens is 220 g/mol. The molecule has 0 unspecified atom stereocenters. The normalized spacial score (nSPS) is 14.8. The molecule has 0 radical (unpaired) electrons. The van der Waals surface area contributed by atoms with Gasteiger partial charge in [0.05, 0.1) is 6.10 Å². The van der Waals surface area contributed by atoms with E-state index in [4.69, 9.17) is 0 Å². The first kappa shape index (κ1) is 18.0. The van der Waals surface area contributed by atoms with Crippen LogP contribution in [-0.2, 0) is 0 Å². The first-order chi connectivity index (χ1) is 8.10. The maximum atomic E-state index is 9.91. The Balaban J connectivity index is 3.40. The fourth-order valence-electron chi connectivity index (χ4n) is 2.22. The molecule has 0 aliphatic rings. The molecule has 0 aliphatic heterocycles. The van der Waals surface area contributed by atoms with E-state index in [1.165, 1.54) is 32.1 Å². The Morgan fingerprint density at radius 1 is 0.667 bits per heavy atom. The van der Waals surface area contributed by atoms with Crippen molar-refractivity contribution in [2.75, 3.05) is 0 Å². The lowest BCUT2D eigenvalue weighted by Crippen LogP contribution is -2.10. The Labute approximate surface area is 115 Å². The number of hydrogen-bond acceptors (Lipinski definition) is 1. The van der Waals surface area contributed by atoms with Gasteiger partial charge in [-0.05, 0) is 36.5 Å². The zero-order valence-electron chi connectivity index (χ0n) is 13.7. The topological polar surface area (TPSA) is 20.2 Å². The van der Waals surface area contributed by atoms with Gasteiger partial charge in [0.2, 0.25) is 0 Å². The zero-order valence-corrected chi connectivity index (χ0v) is 13.7. The third-order valence-electron chi connectivity index (χ3n) is 3.43. The zero-order chi connectivity index (χ0) is 14.2. The number of aliphatic hydroxyl groups excluding tert-OH is 1. The molecule has 0 spiro atoms. The number of hydrogen-bond donors (Lipinski definition) is 1. The van der Waals surface area contributed by atoms with Gasteiger partial charge in [-0.2, -0.15) is 0 Å². The largest absolute Gasteiger partial charge is 0.393 e. The quantitative estimate of drug-likeness (QED) is 0.564. The Kier molecular flexibility index (Phi) is 8.18. The summed E-state index contributed by atoms with van der Waals surface area (Å²) in [6.07, 6.45) is 9.35. The fraction of sp³-hybridized carbons (Fsp3) is 1.00. The van der Waals surface area contributed by atoms with Crippen molar-refractivity contribution in [2.24, 2.45) is 10.8 Å². The maximum absolute atomic E-state index is 9.91. The van der Waals surface area contributed by atoms with Crippen LogP contribution in [0.1, 0.15) is 92.9 Å². The van der Waals surface area contributed by atoms with Gasteiger partial charge < -0.3 is 5.11 Å². The second-order valence-corrected chi connectivity index (χ2v) is 8.27. The summed E-state index contributed by atoms with van der Waals surface area (Å²) < 4.78 is 0. The second-order valence-electron chi connectivity index (χ2n) is 8.27. The third kappa shape index (κ3) is 14.0. The van der Waals surface area contributed by atoms with Gasteiger partial charge in [-0.25, -0.2) is 0 Å². The molecule has 0 aromatic heterocycles. The lowest BCUT2D eigenvalue weighted by Gasteiger charge is -2.19. The van der Waals surface area contributed by atoms with E-state index in [9.17, 15) is 5.11 Å². The maximum Gasteiger partial charge on any atom is 0.0540 e. The van der Waals surface area contributed by atoms with Crippen LogP contribution in [0.4, 0.5) is 0 Å². The van der Waals surface area contributed by atoms with Crippen molar-refractivity contribution in [3.8, 4) is 0 Å². The Bertz CT molecular complexity index is 195. The molecule has 0 amide bonds. The smallest absolute Gasteiger partial charge is 0.0540 e. The molecule has 0 saturated heterocycles. The summed E-state index contributed by atoms with van der Waals surface area (Å²) in [5.74, 6) is 0. The summed E-state index contributed by atoms with van der Waals surface area (Å²) in [6.45, 7) is 13.7. The summed E-state index contributed by atoms with van der Waals surface area (Å²) in [6, 6.07) is 0. The molecule has 0 bridgehead atoms. The van der Waals surface area contributed by atoms with E-state index in [1.807, 2.05) is 0 Å². The van der Waals surface area contributed by atoms with Gasteiger partial charge in [-0.15, -0.1) is 0 Å². The molecule has 1 nitrogen and oxygen atoms in total. The van der Waals surface area contributed by atoms with Crippen LogP contribution >= 0.6 is 0 Å². The van der Waals surface area contributed by atoms with Crippen LogP contribution in [0.25, 0.3) is 0 Å². The third-order valence-corrected chi connectivity index (χ3v) is 3.43. The van der Waals surface area contributed by atoms with E-state index in [1.54, 1.807) is 0 Å². The van der Waals surface area contributed by atoms with Gasteiger partial charge in [0.15, 0.2) is 0 Å². The molecule has 110 valence electrons. The number of rotatable bonds is 8. The Morgan fingerprint density at radius 3 is 1.61 bits per heavy atom. The van der Waals surface area contributed by atoms with Crippen molar-refractivity contribution in [3.05, 3.63) is 0 Å². The SMILES string of the molecule is CC(C)(C)CCCCC[C@@H](O)CCCC(C)(C)C. The highest BCUT2D eigenvalue weighted by Crippen LogP contribution is 2.24. The predicted octanol–water partition coefficient (Wildman–Crippen LogP) is 5.56. The molecule has 0 saturated carbocycles. The highest BCUT2D eigenvalue weighted by Gasteiger charge is 2.12. The van der Waals surface area contributed by atoms with Crippen molar-refractivity contribution < 1.29 is 5.11 Å². The molecule has 0 rings (SSSR count). The van der Waals surface area contributed by atoms with Crippen LogP contribution in [0.2, 0.25) is 0 Å². The van der Waals surface area contributed by atoms with Gasteiger partial charge in [-0.3, -0.25) is 0 Å². The highest BCUT2D eigenvalue weighted by atomic mass is 16.3. The number of aliphatic hydroxyl groups is 1. The van der Waals surface area contributed by atoms with E-state index >= 15 is 0 Å². The molecule has 0 aromatic carbocycles. The first-order valence-electron chi connectivity index (χ1n) is 7.78. The lowest BCUT2D eigenvalue weighted by atomic mass is 9.88. The first-order valence-corrected chi connectivity index (χ1v) is 7.78. The van der Waals surface area contributed by atoms with Crippen LogP contribution in [0.15, 0.2) is 0 Å². The van der Waals surface area contributed by atoms with Gasteiger partial charge in [0, 0.05) is 0 Å². The predicted molar refractivity (Wildman–Crippen MR) is 81.9 cm³/mol. The van der Waals surface area contributed by atoms with Crippen LogP contribution in [0.5, 0.6) is 0 Å². The highest BCUT2D eigenvalue weighted by molar-refractivity contribution is 4.65. The standard InChI is InChI=1S/C17H36O/c1-16(2,3)13-9-7-8-11-15(18)12-10-14-17(4,5)6/h15,18H,7-14H2,1-6H3/t15-/m1/s1. The van der Waals surface area contributed by atoms with Crippen LogP contribution in [0, 0.1) is 10.8 Å². The van der Waals surface area contributed by atoms with E-state index in [-0.39, 0.29) is 6.10 Å². The second kappa shape index (κ2) is 8.19. The minimum Gasteiger partial charge on any atom is -0.393 e. The van der Waals surface area contributed by atoms with Crippen LogP contribution < -0.4 is 0 Å². The monoisotopic (exact) mass is 256 g/mol. The minimum atomic E-state index is -0.0676. The molecule has 1 heteroatoms. The fourth-order valence-corrected chi connectivity index (χ4v) is 2.22. The molecule has 0 aromatic rings. The van der Waals surface area contributed by atoms with E-state index < -0.39 is 0 Å². The van der Waals surface area contributed by atoms with Crippen molar-refractivity contribution in [3.63, 3.8) is 0 Å². The molecule has 0 heterocycles. The Hall–Kier alpha value is -0.0400. The van der Waals surface area contributed by atoms with Crippen LogP contribution in [-0.4, -0.2) is 11.2 Å². The van der Waals surface area contributed by atoms with E-state index in [2.05, 4.69) is 41.5 Å².